The number of halogens is 1. The highest BCUT2D eigenvalue weighted by Crippen LogP contribution is 2.21. The number of nitrogens with one attached hydrogen (secondary N) is 1. The van der Waals surface area contributed by atoms with E-state index in [1.54, 1.807) is 11.4 Å². The van der Waals surface area contributed by atoms with Crippen molar-refractivity contribution in [2.75, 3.05) is 0 Å². The fraction of sp³-hybridized carbons (Fsp3) is 0.455. The molecule has 0 radical (unpaired) electrons. The van der Waals surface area contributed by atoms with Crippen LogP contribution < -0.4 is 5.32 Å². The molecule has 4 nitrogen and oxygen atoms in total. The van der Waals surface area contributed by atoms with E-state index < -0.39 is 5.97 Å². The first-order valence-electron chi connectivity index (χ1n) is 5.26. The first-order valence-corrected chi connectivity index (χ1v) is 6.52. The summed E-state index contributed by atoms with van der Waals surface area (Å²) in [4.78, 5) is 22.6. The van der Waals surface area contributed by atoms with Gasteiger partial charge >= 0.3 is 5.97 Å². The topological polar surface area (TPSA) is 66.4 Å². The summed E-state index contributed by atoms with van der Waals surface area (Å²) >= 11 is 7.13. The first-order chi connectivity index (χ1) is 8.00. The van der Waals surface area contributed by atoms with Crippen LogP contribution in [0.5, 0.6) is 0 Å². The van der Waals surface area contributed by atoms with E-state index in [-0.39, 0.29) is 18.4 Å². The number of hydrogen-bond acceptors (Lipinski definition) is 3. The van der Waals surface area contributed by atoms with Crippen molar-refractivity contribution in [2.24, 2.45) is 0 Å². The van der Waals surface area contributed by atoms with E-state index in [1.165, 1.54) is 11.3 Å². The lowest BCUT2D eigenvalue weighted by atomic mass is 10.1. The Morgan fingerprint density at radius 1 is 1.59 bits per heavy atom. The lowest BCUT2D eigenvalue weighted by Gasteiger charge is -2.12. The first kappa shape index (κ1) is 14.0. The van der Waals surface area contributed by atoms with Crippen molar-refractivity contribution in [3.8, 4) is 0 Å². The van der Waals surface area contributed by atoms with Gasteiger partial charge in [-0.25, -0.2) is 0 Å². The number of carbonyl (C=O) groups excluding carboxylic acids is 1. The van der Waals surface area contributed by atoms with Crippen molar-refractivity contribution < 1.29 is 14.7 Å². The third-order valence-electron chi connectivity index (χ3n) is 2.23. The zero-order valence-corrected chi connectivity index (χ0v) is 11.0. The summed E-state index contributed by atoms with van der Waals surface area (Å²) in [6.07, 6.45) is 1.32. The molecule has 17 heavy (non-hydrogen) atoms. The molecule has 0 bridgehead atoms. The molecule has 1 aromatic rings. The molecule has 1 rings (SSSR count). The van der Waals surface area contributed by atoms with Gasteiger partial charge in [0.25, 0.3) is 5.91 Å². The van der Waals surface area contributed by atoms with E-state index in [0.29, 0.717) is 22.7 Å². The molecule has 94 valence electrons. The van der Waals surface area contributed by atoms with Gasteiger partial charge in [0.2, 0.25) is 0 Å². The molecule has 2 N–H and O–H groups in total. The van der Waals surface area contributed by atoms with E-state index in [9.17, 15) is 9.59 Å². The van der Waals surface area contributed by atoms with Gasteiger partial charge in [-0.1, -0.05) is 11.6 Å². The van der Waals surface area contributed by atoms with Gasteiger partial charge in [0, 0.05) is 12.5 Å². The lowest BCUT2D eigenvalue weighted by molar-refractivity contribution is -0.137. The number of thiophene rings is 1. The molecule has 0 fully saturated rings. The maximum atomic E-state index is 11.7. The van der Waals surface area contributed by atoms with E-state index in [0.717, 1.165) is 0 Å². The molecule has 0 spiro atoms. The molecular weight excluding hydrogens is 262 g/mol. The summed E-state index contributed by atoms with van der Waals surface area (Å²) < 4.78 is 0. The van der Waals surface area contributed by atoms with Gasteiger partial charge in [-0.15, -0.1) is 11.3 Å². The quantitative estimate of drug-likeness (QED) is 0.839. The molecule has 6 heteroatoms. The summed E-state index contributed by atoms with van der Waals surface area (Å²) in [5.74, 6) is -1.02. The molecule has 0 aromatic carbocycles. The highest BCUT2D eigenvalue weighted by atomic mass is 35.5. The van der Waals surface area contributed by atoms with Crippen LogP contribution in [0.15, 0.2) is 11.4 Å². The second-order valence-corrected chi connectivity index (χ2v) is 5.08. The maximum absolute atomic E-state index is 11.7. The van der Waals surface area contributed by atoms with E-state index in [4.69, 9.17) is 16.7 Å². The largest absolute Gasteiger partial charge is 0.481 e. The Labute approximate surface area is 109 Å². The number of carboxylic acid groups (broad SMARTS) is 1. The van der Waals surface area contributed by atoms with Gasteiger partial charge in [-0.05, 0) is 31.2 Å². The van der Waals surface area contributed by atoms with Crippen molar-refractivity contribution in [1.82, 2.24) is 5.32 Å². The van der Waals surface area contributed by atoms with Gasteiger partial charge in [-0.3, -0.25) is 9.59 Å². The van der Waals surface area contributed by atoms with Crippen LogP contribution in [0.1, 0.15) is 35.9 Å². The molecule has 1 heterocycles. The number of carboxylic acids is 1. The Morgan fingerprint density at radius 3 is 2.82 bits per heavy atom. The Balaban J connectivity index is 2.36. The molecule has 1 amide bonds. The van der Waals surface area contributed by atoms with Crippen molar-refractivity contribution in [3.63, 3.8) is 0 Å². The van der Waals surface area contributed by atoms with Crippen molar-refractivity contribution in [2.45, 2.75) is 32.2 Å². The fourth-order valence-corrected chi connectivity index (χ4v) is 2.42. The van der Waals surface area contributed by atoms with Crippen molar-refractivity contribution >= 4 is 34.8 Å². The Hall–Kier alpha value is -1.07. The zero-order valence-electron chi connectivity index (χ0n) is 9.40. The molecule has 1 aromatic heterocycles. The monoisotopic (exact) mass is 275 g/mol. The molecule has 0 saturated carbocycles. The van der Waals surface area contributed by atoms with E-state index in [2.05, 4.69) is 5.32 Å². The number of amides is 1. The summed E-state index contributed by atoms with van der Waals surface area (Å²) in [6, 6.07) is 1.62. The average molecular weight is 276 g/mol. The number of rotatable bonds is 6. The predicted molar refractivity (Wildman–Crippen MR) is 67.7 cm³/mol. The Morgan fingerprint density at radius 2 is 2.29 bits per heavy atom. The summed E-state index contributed by atoms with van der Waals surface area (Å²) in [5, 5.41) is 13.5. The second kappa shape index (κ2) is 6.61. The summed E-state index contributed by atoms with van der Waals surface area (Å²) in [6.45, 7) is 1.85. The SMILES string of the molecule is CC(CCCC(=O)O)NC(=O)c1sccc1Cl. The lowest BCUT2D eigenvalue weighted by Crippen LogP contribution is -2.32. The van der Waals surface area contributed by atoms with Crippen LogP contribution in [0, 0.1) is 0 Å². The third kappa shape index (κ3) is 4.75. The van der Waals surface area contributed by atoms with Crippen LogP contribution in [0.25, 0.3) is 0 Å². The molecule has 1 atom stereocenters. The summed E-state index contributed by atoms with van der Waals surface area (Å²) in [7, 11) is 0. The number of aliphatic carboxylic acids is 1. The number of carbonyl (C=O) groups is 2. The van der Waals surface area contributed by atoms with Crippen LogP contribution in [-0.4, -0.2) is 23.0 Å². The van der Waals surface area contributed by atoms with Crippen molar-refractivity contribution in [3.05, 3.63) is 21.3 Å². The molecule has 0 aliphatic heterocycles. The standard InChI is InChI=1S/C11H14ClNO3S/c1-7(3-2-4-9(14)15)13-11(16)10-8(12)5-6-17-10/h5-7H,2-4H2,1H3,(H,13,16)(H,14,15). The fourth-order valence-electron chi connectivity index (χ4n) is 1.38. The van der Waals surface area contributed by atoms with E-state index >= 15 is 0 Å². The van der Waals surface area contributed by atoms with E-state index in [1.807, 2.05) is 6.92 Å². The minimum absolute atomic E-state index is 0.0555. The Kier molecular flexibility index (Phi) is 5.44. The smallest absolute Gasteiger partial charge is 0.303 e. The van der Waals surface area contributed by atoms with Gasteiger partial charge in [0.1, 0.15) is 4.88 Å². The molecule has 1 unspecified atom stereocenters. The van der Waals surface area contributed by atoms with Gasteiger partial charge in [-0.2, -0.15) is 0 Å². The predicted octanol–water partition coefficient (Wildman–Crippen LogP) is 2.77. The van der Waals surface area contributed by atoms with Crippen LogP contribution >= 0.6 is 22.9 Å². The van der Waals surface area contributed by atoms with Crippen LogP contribution in [-0.2, 0) is 4.79 Å². The molecule has 0 aliphatic rings. The third-order valence-corrected chi connectivity index (χ3v) is 3.57. The molecular formula is C11H14ClNO3S. The average Bonchev–Trinajstić information content (AvgIpc) is 2.63. The van der Waals surface area contributed by atoms with Gasteiger partial charge in [0.15, 0.2) is 0 Å². The maximum Gasteiger partial charge on any atom is 0.303 e. The minimum atomic E-state index is -0.815. The summed E-state index contributed by atoms with van der Waals surface area (Å²) in [5.41, 5.74) is 0. The Bertz CT molecular complexity index is 405. The normalized spacial score (nSPS) is 12.1. The zero-order chi connectivity index (χ0) is 12.8. The van der Waals surface area contributed by atoms with Crippen LogP contribution in [0.3, 0.4) is 0 Å². The minimum Gasteiger partial charge on any atom is -0.481 e. The van der Waals surface area contributed by atoms with Crippen LogP contribution in [0.4, 0.5) is 0 Å². The highest BCUT2D eigenvalue weighted by molar-refractivity contribution is 7.12. The second-order valence-electron chi connectivity index (χ2n) is 3.76. The highest BCUT2D eigenvalue weighted by Gasteiger charge is 2.14. The van der Waals surface area contributed by atoms with Gasteiger partial charge < -0.3 is 10.4 Å². The van der Waals surface area contributed by atoms with Crippen LogP contribution in [0.2, 0.25) is 5.02 Å². The molecule has 0 aliphatic carbocycles. The number of hydrogen-bond donors (Lipinski definition) is 2. The van der Waals surface area contributed by atoms with Gasteiger partial charge in [0.05, 0.1) is 5.02 Å². The molecule has 0 saturated heterocycles. The van der Waals surface area contributed by atoms with Crippen molar-refractivity contribution in [1.29, 1.82) is 0 Å².